The van der Waals surface area contributed by atoms with Crippen molar-refractivity contribution in [2.45, 2.75) is 19.4 Å². The topological polar surface area (TPSA) is 92.4 Å². The van der Waals surface area contributed by atoms with Gasteiger partial charge in [0.2, 0.25) is 0 Å². The van der Waals surface area contributed by atoms with Gasteiger partial charge in [-0.3, -0.25) is 0 Å². The van der Waals surface area contributed by atoms with Crippen molar-refractivity contribution < 1.29 is 14.3 Å². The zero-order valence-corrected chi connectivity index (χ0v) is 12.6. The summed E-state index contributed by atoms with van der Waals surface area (Å²) in [6, 6.07) is 4.38. The Morgan fingerprint density at radius 2 is 2.29 bits per heavy atom. The predicted molar refractivity (Wildman–Crippen MR) is 83.1 cm³/mol. The molecular weight excluding hydrogens is 292 g/mol. The van der Waals surface area contributed by atoms with Crippen LogP contribution in [0.15, 0.2) is 27.4 Å². The maximum absolute atomic E-state index is 12.0. The second kappa shape index (κ2) is 6.62. The predicted octanol–water partition coefficient (Wildman–Crippen LogP) is 2.11. The van der Waals surface area contributed by atoms with Crippen LogP contribution >= 0.6 is 11.8 Å². The molecule has 1 aromatic heterocycles. The maximum Gasteiger partial charge on any atom is 0.348 e. The van der Waals surface area contributed by atoms with Crippen LogP contribution in [0.3, 0.4) is 0 Å². The fourth-order valence-corrected chi connectivity index (χ4v) is 2.46. The number of aryl methyl sites for hydroxylation is 1. The summed E-state index contributed by atoms with van der Waals surface area (Å²) >= 11 is 1.55. The molecule has 0 saturated carbocycles. The highest BCUT2D eigenvalue weighted by Crippen LogP contribution is 2.16. The summed E-state index contributed by atoms with van der Waals surface area (Å²) in [4.78, 5) is 27.4. The highest BCUT2D eigenvalue weighted by Gasteiger charge is 2.19. The average molecular weight is 308 g/mol. The SMILES string of the molecule is CSCC[C@H](Nc1nc2cccc(C)c2c(=O)o1)C(=O)O. The van der Waals surface area contributed by atoms with Crippen LogP contribution in [0.2, 0.25) is 0 Å². The second-order valence-corrected chi connectivity index (χ2v) is 5.58. The van der Waals surface area contributed by atoms with Gasteiger partial charge in [0.05, 0.1) is 10.9 Å². The van der Waals surface area contributed by atoms with Crippen molar-refractivity contribution >= 4 is 34.6 Å². The molecule has 112 valence electrons. The molecule has 21 heavy (non-hydrogen) atoms. The number of carbonyl (C=O) groups is 1. The van der Waals surface area contributed by atoms with E-state index in [1.165, 1.54) is 0 Å². The Bertz CT molecular complexity index is 714. The highest BCUT2D eigenvalue weighted by molar-refractivity contribution is 7.98. The van der Waals surface area contributed by atoms with Gasteiger partial charge >= 0.3 is 11.6 Å². The van der Waals surface area contributed by atoms with E-state index in [1.54, 1.807) is 36.9 Å². The monoisotopic (exact) mass is 308 g/mol. The summed E-state index contributed by atoms with van der Waals surface area (Å²) in [6.07, 6.45) is 2.31. The molecule has 2 aromatic rings. The molecule has 0 aliphatic carbocycles. The lowest BCUT2D eigenvalue weighted by atomic mass is 10.1. The maximum atomic E-state index is 12.0. The van der Waals surface area contributed by atoms with Crippen molar-refractivity contribution in [2.75, 3.05) is 17.3 Å². The molecule has 1 aromatic carbocycles. The molecule has 0 aliphatic rings. The summed E-state index contributed by atoms with van der Waals surface area (Å²) < 4.78 is 5.08. The van der Waals surface area contributed by atoms with Crippen LogP contribution in [0.4, 0.5) is 6.01 Å². The van der Waals surface area contributed by atoms with Crippen LogP contribution in [0.25, 0.3) is 10.9 Å². The molecule has 0 amide bonds. The Morgan fingerprint density at radius 1 is 1.52 bits per heavy atom. The van der Waals surface area contributed by atoms with Crippen molar-refractivity contribution in [1.82, 2.24) is 4.98 Å². The molecule has 0 bridgehead atoms. The van der Waals surface area contributed by atoms with Gasteiger partial charge in [0, 0.05) is 0 Å². The van der Waals surface area contributed by atoms with E-state index in [9.17, 15) is 9.59 Å². The van der Waals surface area contributed by atoms with Crippen LogP contribution in [0, 0.1) is 6.92 Å². The van der Waals surface area contributed by atoms with Crippen LogP contribution in [-0.4, -0.2) is 34.1 Å². The van der Waals surface area contributed by atoms with Gasteiger partial charge in [-0.25, -0.2) is 9.59 Å². The minimum Gasteiger partial charge on any atom is -0.480 e. The molecule has 0 radical (unpaired) electrons. The van der Waals surface area contributed by atoms with E-state index < -0.39 is 17.6 Å². The van der Waals surface area contributed by atoms with E-state index in [-0.39, 0.29) is 6.01 Å². The number of carboxylic acids is 1. The first-order chi connectivity index (χ1) is 10.0. The Morgan fingerprint density at radius 3 is 2.95 bits per heavy atom. The van der Waals surface area contributed by atoms with E-state index in [0.717, 1.165) is 5.56 Å². The molecule has 2 N–H and O–H groups in total. The molecular formula is C14H16N2O4S. The number of nitrogens with one attached hydrogen (secondary N) is 1. The molecule has 7 heteroatoms. The number of anilines is 1. The first-order valence-corrected chi connectivity index (χ1v) is 7.81. The lowest BCUT2D eigenvalue weighted by Crippen LogP contribution is -2.30. The number of benzene rings is 1. The molecule has 1 heterocycles. The number of hydrogen-bond acceptors (Lipinski definition) is 6. The first kappa shape index (κ1) is 15.4. The number of aliphatic carboxylic acids is 1. The molecule has 0 fully saturated rings. The summed E-state index contributed by atoms with van der Waals surface area (Å²) in [6.45, 7) is 1.80. The lowest BCUT2D eigenvalue weighted by Gasteiger charge is -2.13. The molecule has 6 nitrogen and oxygen atoms in total. The van der Waals surface area contributed by atoms with Gasteiger partial charge < -0.3 is 14.8 Å². The van der Waals surface area contributed by atoms with Gasteiger partial charge in [-0.2, -0.15) is 16.7 Å². The van der Waals surface area contributed by atoms with Crippen molar-refractivity contribution in [2.24, 2.45) is 0 Å². The summed E-state index contributed by atoms with van der Waals surface area (Å²) in [5.41, 5.74) is 0.745. The van der Waals surface area contributed by atoms with Gasteiger partial charge in [0.15, 0.2) is 0 Å². The Kier molecular flexibility index (Phi) is 4.85. The fraction of sp³-hybridized carbons (Fsp3) is 0.357. The summed E-state index contributed by atoms with van der Waals surface area (Å²) in [5, 5.41) is 12.3. The number of carboxylic acid groups (broad SMARTS) is 1. The quantitative estimate of drug-likeness (QED) is 0.844. The van der Waals surface area contributed by atoms with Crippen molar-refractivity contribution in [3.8, 4) is 0 Å². The smallest absolute Gasteiger partial charge is 0.348 e. The van der Waals surface area contributed by atoms with E-state index >= 15 is 0 Å². The van der Waals surface area contributed by atoms with Crippen molar-refractivity contribution in [3.05, 3.63) is 34.2 Å². The fourth-order valence-electron chi connectivity index (χ4n) is 1.99. The summed E-state index contributed by atoms with van der Waals surface area (Å²) in [7, 11) is 0. The number of nitrogens with zero attached hydrogens (tertiary/aromatic N) is 1. The molecule has 0 unspecified atom stereocenters. The van der Waals surface area contributed by atoms with Crippen molar-refractivity contribution in [3.63, 3.8) is 0 Å². The molecule has 1 atom stereocenters. The molecule has 0 aliphatic heterocycles. The van der Waals surface area contributed by atoms with Gasteiger partial charge in [0.1, 0.15) is 6.04 Å². The third-order valence-corrected chi connectivity index (χ3v) is 3.72. The zero-order valence-electron chi connectivity index (χ0n) is 11.8. The largest absolute Gasteiger partial charge is 0.480 e. The second-order valence-electron chi connectivity index (χ2n) is 4.59. The zero-order chi connectivity index (χ0) is 15.4. The van der Waals surface area contributed by atoms with Crippen LogP contribution in [-0.2, 0) is 4.79 Å². The number of rotatable bonds is 6. The minimum absolute atomic E-state index is 0.0633. The van der Waals surface area contributed by atoms with Crippen molar-refractivity contribution in [1.29, 1.82) is 0 Å². The normalized spacial score (nSPS) is 12.3. The van der Waals surface area contributed by atoms with E-state index in [1.807, 2.05) is 6.26 Å². The molecule has 2 rings (SSSR count). The average Bonchev–Trinajstić information content (AvgIpc) is 2.42. The Balaban J connectivity index is 2.34. The van der Waals surface area contributed by atoms with E-state index in [0.29, 0.717) is 23.1 Å². The minimum atomic E-state index is -1.00. The Labute approximate surface area is 125 Å². The Hall–Kier alpha value is -2.02. The summed E-state index contributed by atoms with van der Waals surface area (Å²) in [5.74, 6) is -0.321. The number of aromatic nitrogens is 1. The van der Waals surface area contributed by atoms with Gasteiger partial charge in [-0.15, -0.1) is 0 Å². The third-order valence-electron chi connectivity index (χ3n) is 3.07. The number of hydrogen-bond donors (Lipinski definition) is 2. The van der Waals surface area contributed by atoms with Gasteiger partial charge in [-0.05, 0) is 37.0 Å². The lowest BCUT2D eigenvalue weighted by molar-refractivity contribution is -0.138. The van der Waals surface area contributed by atoms with Crippen LogP contribution in [0.5, 0.6) is 0 Å². The number of fused-ring (bicyclic) bond motifs is 1. The van der Waals surface area contributed by atoms with Crippen LogP contribution in [0.1, 0.15) is 12.0 Å². The van der Waals surface area contributed by atoms with Crippen LogP contribution < -0.4 is 10.9 Å². The first-order valence-electron chi connectivity index (χ1n) is 6.41. The van der Waals surface area contributed by atoms with Gasteiger partial charge in [-0.1, -0.05) is 12.1 Å². The third kappa shape index (κ3) is 3.55. The van der Waals surface area contributed by atoms with E-state index in [4.69, 9.17) is 9.52 Å². The standard InChI is InChI=1S/C14H16N2O4S/c1-8-4-3-5-9-11(8)13(19)20-14(15-9)16-10(12(17)18)6-7-21-2/h3-5,10H,6-7H2,1-2H3,(H,15,16)(H,17,18)/t10-/m0/s1. The van der Waals surface area contributed by atoms with Gasteiger partial charge in [0.25, 0.3) is 6.01 Å². The van der Waals surface area contributed by atoms with E-state index in [2.05, 4.69) is 10.3 Å². The number of thioether (sulfide) groups is 1. The molecule has 0 spiro atoms. The highest BCUT2D eigenvalue weighted by atomic mass is 32.2. The molecule has 0 saturated heterocycles.